The highest BCUT2D eigenvalue weighted by Crippen LogP contribution is 2.41. The molecule has 6 aromatic carbocycles. The van der Waals surface area contributed by atoms with Gasteiger partial charge in [0.2, 0.25) is 6.29 Å². The largest absolute Gasteiger partial charge is 0.300 e. The van der Waals surface area contributed by atoms with Crippen LogP contribution in [0.5, 0.6) is 0 Å². The maximum atomic E-state index is 5.45. The Bertz CT molecular complexity index is 2110. The molecule has 0 amide bonds. The molecule has 1 aliphatic rings. The van der Waals surface area contributed by atoms with Crippen LogP contribution < -0.4 is 4.90 Å². The number of hydrogen-bond donors (Lipinski definition) is 0. The quantitative estimate of drug-likeness (QED) is 0.209. The minimum atomic E-state index is -0.432. The van der Waals surface area contributed by atoms with Gasteiger partial charge in [-0.05, 0) is 35.4 Å². The van der Waals surface area contributed by atoms with Gasteiger partial charge in [-0.1, -0.05) is 140 Å². The van der Waals surface area contributed by atoms with E-state index in [2.05, 4.69) is 143 Å². The molecule has 0 aliphatic carbocycles. The minimum absolute atomic E-state index is 0.432. The highest BCUT2D eigenvalue weighted by molar-refractivity contribution is 6.20. The average Bonchev–Trinajstić information content (AvgIpc) is 3.44. The van der Waals surface area contributed by atoms with Crippen molar-refractivity contribution in [3.05, 3.63) is 175 Å². The van der Waals surface area contributed by atoms with Gasteiger partial charge in [0.25, 0.3) is 0 Å². The summed E-state index contributed by atoms with van der Waals surface area (Å²) >= 11 is 0. The van der Waals surface area contributed by atoms with Crippen molar-refractivity contribution in [1.29, 1.82) is 0 Å². The van der Waals surface area contributed by atoms with Crippen molar-refractivity contribution in [2.45, 2.75) is 6.29 Å². The van der Waals surface area contributed by atoms with Crippen molar-refractivity contribution in [3.8, 4) is 11.1 Å². The Labute approximate surface area is 250 Å². The molecule has 8 rings (SSSR count). The normalized spacial score (nSPS) is 15.0. The Kier molecular flexibility index (Phi) is 6.16. The first-order chi connectivity index (χ1) is 21.4. The molecule has 1 aromatic heterocycles. The van der Waals surface area contributed by atoms with Crippen LogP contribution in [0.25, 0.3) is 32.9 Å². The van der Waals surface area contributed by atoms with E-state index in [1.165, 1.54) is 21.9 Å². The van der Waals surface area contributed by atoms with Crippen molar-refractivity contribution in [2.75, 3.05) is 4.90 Å². The fraction of sp³-hybridized carbons (Fsp3) is 0.0256. The third-order valence-electron chi connectivity index (χ3n) is 8.06. The lowest BCUT2D eigenvalue weighted by atomic mass is 9.99. The molecule has 0 N–H and O–H groups in total. The number of para-hydroxylation sites is 2. The van der Waals surface area contributed by atoms with Crippen LogP contribution in [0, 0.1) is 0 Å². The van der Waals surface area contributed by atoms with Crippen molar-refractivity contribution in [1.82, 2.24) is 4.57 Å². The first kappa shape index (κ1) is 25.0. The third kappa shape index (κ3) is 4.32. The van der Waals surface area contributed by atoms with Crippen LogP contribution in [-0.4, -0.2) is 16.2 Å². The van der Waals surface area contributed by atoms with Crippen LogP contribution >= 0.6 is 0 Å². The number of aliphatic imine (C=N–C) groups is 2. The Morgan fingerprint density at radius 1 is 0.465 bits per heavy atom. The molecule has 1 atom stereocenters. The zero-order chi connectivity index (χ0) is 28.6. The van der Waals surface area contributed by atoms with E-state index in [4.69, 9.17) is 9.98 Å². The van der Waals surface area contributed by atoms with Crippen LogP contribution in [0.4, 0.5) is 5.69 Å². The van der Waals surface area contributed by atoms with Gasteiger partial charge in [-0.25, -0.2) is 9.98 Å². The van der Waals surface area contributed by atoms with Gasteiger partial charge in [-0.2, -0.15) is 0 Å². The topological polar surface area (TPSA) is 32.9 Å². The molecule has 1 unspecified atom stereocenters. The fourth-order valence-corrected chi connectivity index (χ4v) is 6.15. The Morgan fingerprint density at radius 2 is 1.02 bits per heavy atom. The summed E-state index contributed by atoms with van der Waals surface area (Å²) in [7, 11) is 0. The van der Waals surface area contributed by atoms with Gasteiger partial charge in [-0.3, -0.25) is 4.90 Å². The van der Waals surface area contributed by atoms with Crippen molar-refractivity contribution in [3.63, 3.8) is 0 Å². The van der Waals surface area contributed by atoms with Gasteiger partial charge < -0.3 is 4.57 Å². The summed E-state index contributed by atoms with van der Waals surface area (Å²) in [6.45, 7) is 0. The SMILES string of the molecule is c1ccc(C2=NC(n3c4ccccc4c4c(-c5ccccc5)cccc43)N(c3ccccc3)C(c3ccccc3)=N2)cc1. The molecule has 0 saturated carbocycles. The second-order valence-corrected chi connectivity index (χ2v) is 10.6. The number of anilines is 1. The number of hydrogen-bond acceptors (Lipinski definition) is 3. The Hall–Kier alpha value is -5.74. The van der Waals surface area contributed by atoms with Crippen LogP contribution in [0.2, 0.25) is 0 Å². The lowest BCUT2D eigenvalue weighted by molar-refractivity contribution is 0.569. The molecule has 204 valence electrons. The summed E-state index contributed by atoms with van der Waals surface area (Å²) in [5.74, 6) is 1.57. The van der Waals surface area contributed by atoms with Crippen LogP contribution in [-0.2, 0) is 0 Å². The molecule has 4 nitrogen and oxygen atoms in total. The predicted octanol–water partition coefficient (Wildman–Crippen LogP) is 9.33. The van der Waals surface area contributed by atoms with Gasteiger partial charge in [0.05, 0.1) is 11.0 Å². The van der Waals surface area contributed by atoms with E-state index in [0.717, 1.165) is 33.7 Å². The molecule has 0 spiro atoms. The number of rotatable bonds is 5. The van der Waals surface area contributed by atoms with Crippen molar-refractivity contribution >= 4 is 39.2 Å². The summed E-state index contributed by atoms with van der Waals surface area (Å²) in [4.78, 5) is 13.0. The number of benzene rings is 6. The molecule has 2 heterocycles. The maximum Gasteiger partial charge on any atom is 0.211 e. The smallest absolute Gasteiger partial charge is 0.211 e. The molecule has 0 saturated heterocycles. The predicted molar refractivity (Wildman–Crippen MR) is 179 cm³/mol. The molecular weight excluding hydrogens is 524 g/mol. The van der Waals surface area contributed by atoms with E-state index in [1.807, 2.05) is 30.3 Å². The molecule has 0 bridgehead atoms. The van der Waals surface area contributed by atoms with Crippen molar-refractivity contribution < 1.29 is 0 Å². The van der Waals surface area contributed by atoms with E-state index in [-0.39, 0.29) is 0 Å². The number of nitrogens with zero attached hydrogens (tertiary/aromatic N) is 4. The highest BCUT2D eigenvalue weighted by Gasteiger charge is 2.33. The molecular formula is C39H28N4. The van der Waals surface area contributed by atoms with Crippen LogP contribution in [0.3, 0.4) is 0 Å². The van der Waals surface area contributed by atoms with E-state index >= 15 is 0 Å². The number of amidine groups is 2. The van der Waals surface area contributed by atoms with Gasteiger partial charge in [-0.15, -0.1) is 0 Å². The average molecular weight is 553 g/mol. The first-order valence-corrected chi connectivity index (χ1v) is 14.6. The summed E-state index contributed by atoms with van der Waals surface area (Å²) < 4.78 is 2.38. The van der Waals surface area contributed by atoms with E-state index < -0.39 is 6.29 Å². The zero-order valence-electron chi connectivity index (χ0n) is 23.5. The lowest BCUT2D eigenvalue weighted by Crippen LogP contribution is -2.41. The van der Waals surface area contributed by atoms with Gasteiger partial charge in [0, 0.05) is 27.6 Å². The van der Waals surface area contributed by atoms with Gasteiger partial charge in [0.1, 0.15) is 5.84 Å². The van der Waals surface area contributed by atoms with E-state index in [0.29, 0.717) is 5.84 Å². The molecule has 4 heteroatoms. The second-order valence-electron chi connectivity index (χ2n) is 10.6. The van der Waals surface area contributed by atoms with E-state index in [1.54, 1.807) is 0 Å². The molecule has 0 radical (unpaired) electrons. The molecule has 43 heavy (non-hydrogen) atoms. The zero-order valence-corrected chi connectivity index (χ0v) is 23.5. The maximum absolute atomic E-state index is 5.45. The standard InChI is InChI=1S/C39H28N4/c1-5-16-28(17-6-1)32-25-15-27-35-36(32)33-24-13-14-26-34(33)43(35)39-41-37(29-18-7-2-8-19-29)40-38(30-20-9-3-10-21-30)42(39)31-22-11-4-12-23-31/h1-27,39H. The monoisotopic (exact) mass is 552 g/mol. The summed E-state index contributed by atoms with van der Waals surface area (Å²) in [5.41, 5.74) is 7.69. The number of fused-ring (bicyclic) bond motifs is 3. The first-order valence-electron chi connectivity index (χ1n) is 14.6. The molecule has 7 aromatic rings. The summed E-state index contributed by atoms with van der Waals surface area (Å²) in [6, 6.07) is 57.1. The second kappa shape index (κ2) is 10.6. The summed E-state index contributed by atoms with van der Waals surface area (Å²) in [5, 5.41) is 2.42. The van der Waals surface area contributed by atoms with Crippen molar-refractivity contribution in [2.24, 2.45) is 9.98 Å². The Morgan fingerprint density at radius 3 is 1.72 bits per heavy atom. The third-order valence-corrected chi connectivity index (χ3v) is 8.06. The Balaban J connectivity index is 1.46. The van der Waals surface area contributed by atoms with Crippen LogP contribution in [0.15, 0.2) is 174 Å². The fourth-order valence-electron chi connectivity index (χ4n) is 6.15. The molecule has 0 fully saturated rings. The molecule has 1 aliphatic heterocycles. The number of aromatic nitrogens is 1. The van der Waals surface area contributed by atoms with Gasteiger partial charge in [0.15, 0.2) is 5.84 Å². The highest BCUT2D eigenvalue weighted by atomic mass is 15.4. The lowest BCUT2D eigenvalue weighted by Gasteiger charge is -2.36. The summed E-state index contributed by atoms with van der Waals surface area (Å²) in [6.07, 6.45) is -0.432. The van der Waals surface area contributed by atoms with Gasteiger partial charge >= 0.3 is 0 Å². The van der Waals surface area contributed by atoms with Crippen LogP contribution in [0.1, 0.15) is 17.4 Å². The van der Waals surface area contributed by atoms with E-state index in [9.17, 15) is 0 Å². The minimum Gasteiger partial charge on any atom is -0.300 e.